The van der Waals surface area contributed by atoms with Crippen LogP contribution >= 0.6 is 22.7 Å². The van der Waals surface area contributed by atoms with Crippen molar-refractivity contribution in [1.82, 2.24) is 14.2 Å². The summed E-state index contributed by atoms with van der Waals surface area (Å²) in [5.41, 5.74) is 3.69. The van der Waals surface area contributed by atoms with E-state index in [4.69, 9.17) is 4.98 Å². The number of anilines is 1. The molecule has 0 unspecified atom stereocenters. The molecule has 0 bridgehead atoms. The van der Waals surface area contributed by atoms with Gasteiger partial charge in [-0.2, -0.15) is 4.31 Å². The minimum atomic E-state index is -3.54. The standard InChI is InChI=1S/C28H30N4O3S3/c1-2-31-17-14-21-24(18-31)37-28(25(21)27-29-22-8-4-5-9-23(22)36-27)30-26(33)19-10-12-20(13-11-19)38(34,35)32-15-6-3-7-16-32/h4-5,8-13H,2-3,6-7,14-18H2,1H3,(H,30,33). The Morgan fingerprint density at radius 2 is 1.76 bits per heavy atom. The summed E-state index contributed by atoms with van der Waals surface area (Å²) in [5, 5.41) is 4.88. The van der Waals surface area contributed by atoms with Crippen LogP contribution in [-0.2, 0) is 23.0 Å². The zero-order chi connectivity index (χ0) is 26.3. The lowest BCUT2D eigenvalue weighted by Gasteiger charge is -2.25. The summed E-state index contributed by atoms with van der Waals surface area (Å²) in [4.78, 5) is 22.2. The Morgan fingerprint density at radius 1 is 1.00 bits per heavy atom. The number of thiophene rings is 1. The molecule has 38 heavy (non-hydrogen) atoms. The molecule has 0 radical (unpaired) electrons. The number of benzene rings is 2. The first-order chi connectivity index (χ1) is 18.4. The Morgan fingerprint density at radius 3 is 2.50 bits per heavy atom. The summed E-state index contributed by atoms with van der Waals surface area (Å²) in [5.74, 6) is -0.250. The molecule has 0 saturated carbocycles. The molecular weight excluding hydrogens is 537 g/mol. The topological polar surface area (TPSA) is 82.6 Å². The summed E-state index contributed by atoms with van der Waals surface area (Å²) in [6, 6.07) is 14.4. The molecule has 2 aromatic heterocycles. The van der Waals surface area contributed by atoms with Crippen molar-refractivity contribution >= 4 is 53.8 Å². The van der Waals surface area contributed by atoms with Crippen molar-refractivity contribution in [2.24, 2.45) is 0 Å². The molecule has 6 rings (SSSR count). The molecule has 2 aliphatic rings. The molecule has 1 saturated heterocycles. The lowest BCUT2D eigenvalue weighted by atomic mass is 10.0. The lowest BCUT2D eigenvalue weighted by Crippen LogP contribution is -2.35. The predicted molar refractivity (Wildman–Crippen MR) is 155 cm³/mol. The molecule has 2 aliphatic heterocycles. The third-order valence-electron chi connectivity index (χ3n) is 7.39. The number of piperidine rings is 1. The van der Waals surface area contributed by atoms with Crippen LogP contribution in [0.3, 0.4) is 0 Å². The molecule has 1 N–H and O–H groups in total. The maximum absolute atomic E-state index is 13.4. The van der Waals surface area contributed by atoms with Gasteiger partial charge in [-0.05, 0) is 67.8 Å². The van der Waals surface area contributed by atoms with E-state index in [1.807, 2.05) is 18.2 Å². The smallest absolute Gasteiger partial charge is 0.256 e. The number of hydrogen-bond acceptors (Lipinski definition) is 7. The number of nitrogens with one attached hydrogen (secondary N) is 1. The summed E-state index contributed by atoms with van der Waals surface area (Å²) in [6.45, 7) is 6.12. The minimum absolute atomic E-state index is 0.234. The SMILES string of the molecule is CCN1CCc2c(sc(NC(=O)c3ccc(S(=O)(=O)N4CCCCC4)cc3)c2-c2nc3ccccc3s2)C1. The van der Waals surface area contributed by atoms with E-state index in [1.54, 1.807) is 51.2 Å². The van der Waals surface area contributed by atoms with Crippen LogP contribution in [0, 0.1) is 0 Å². The van der Waals surface area contributed by atoms with Crippen LogP contribution < -0.4 is 5.32 Å². The van der Waals surface area contributed by atoms with Crippen LogP contribution in [-0.4, -0.2) is 54.7 Å². The molecule has 2 aromatic carbocycles. The molecule has 1 fully saturated rings. The maximum Gasteiger partial charge on any atom is 0.256 e. The Kier molecular flexibility index (Phi) is 7.09. The quantitative estimate of drug-likeness (QED) is 0.318. The minimum Gasteiger partial charge on any atom is -0.313 e. The van der Waals surface area contributed by atoms with Crippen molar-refractivity contribution in [2.75, 3.05) is 31.5 Å². The van der Waals surface area contributed by atoms with E-state index in [-0.39, 0.29) is 10.8 Å². The fourth-order valence-electron chi connectivity index (χ4n) is 5.23. The Balaban J connectivity index is 1.30. The van der Waals surface area contributed by atoms with Gasteiger partial charge < -0.3 is 5.32 Å². The van der Waals surface area contributed by atoms with Crippen LogP contribution in [0.5, 0.6) is 0 Å². The first-order valence-corrected chi connectivity index (χ1v) is 16.2. The normalized spacial score (nSPS) is 17.0. The predicted octanol–water partition coefficient (Wildman–Crippen LogP) is 5.83. The van der Waals surface area contributed by atoms with Gasteiger partial charge in [-0.3, -0.25) is 9.69 Å². The van der Waals surface area contributed by atoms with Gasteiger partial charge >= 0.3 is 0 Å². The monoisotopic (exact) mass is 566 g/mol. The number of rotatable bonds is 6. The zero-order valence-corrected chi connectivity index (χ0v) is 23.7. The molecule has 0 atom stereocenters. The second-order valence-electron chi connectivity index (χ2n) is 9.76. The van der Waals surface area contributed by atoms with Crippen LogP contribution in [0.25, 0.3) is 20.8 Å². The summed E-state index contributed by atoms with van der Waals surface area (Å²) in [7, 11) is -3.54. The molecule has 4 heterocycles. The van der Waals surface area contributed by atoms with Crippen molar-refractivity contribution in [2.45, 2.75) is 44.0 Å². The van der Waals surface area contributed by atoms with E-state index in [0.717, 1.165) is 71.1 Å². The second-order valence-corrected chi connectivity index (χ2v) is 13.8. The van der Waals surface area contributed by atoms with Gasteiger partial charge in [0.05, 0.1) is 15.1 Å². The number of hydrogen-bond donors (Lipinski definition) is 1. The van der Waals surface area contributed by atoms with Crippen molar-refractivity contribution in [3.63, 3.8) is 0 Å². The highest BCUT2D eigenvalue weighted by Crippen LogP contribution is 2.45. The third-order valence-corrected chi connectivity index (χ3v) is 11.5. The van der Waals surface area contributed by atoms with Crippen LogP contribution in [0.4, 0.5) is 5.00 Å². The fraction of sp³-hybridized carbons (Fsp3) is 0.357. The molecule has 0 aliphatic carbocycles. The number of nitrogens with zero attached hydrogens (tertiary/aromatic N) is 3. The number of sulfonamides is 1. The highest BCUT2D eigenvalue weighted by atomic mass is 32.2. The summed E-state index contributed by atoms with van der Waals surface area (Å²) < 4.78 is 28.7. The van der Waals surface area contributed by atoms with Crippen molar-refractivity contribution in [3.05, 3.63) is 64.5 Å². The Hall–Kier alpha value is -2.63. The van der Waals surface area contributed by atoms with E-state index < -0.39 is 10.0 Å². The van der Waals surface area contributed by atoms with Crippen LogP contribution in [0.15, 0.2) is 53.4 Å². The van der Waals surface area contributed by atoms with Gasteiger partial charge in [-0.15, -0.1) is 22.7 Å². The van der Waals surface area contributed by atoms with Crippen LogP contribution in [0.1, 0.15) is 47.0 Å². The highest BCUT2D eigenvalue weighted by Gasteiger charge is 2.28. The number of carbonyl (C=O) groups is 1. The molecule has 4 aromatic rings. The number of para-hydroxylation sites is 1. The average Bonchev–Trinajstić information content (AvgIpc) is 3.53. The fourth-order valence-corrected chi connectivity index (χ4v) is 9.14. The largest absolute Gasteiger partial charge is 0.313 e. The van der Waals surface area contributed by atoms with E-state index >= 15 is 0 Å². The average molecular weight is 567 g/mol. The molecule has 7 nitrogen and oxygen atoms in total. The Labute approximate surface area is 231 Å². The molecule has 0 spiro atoms. The highest BCUT2D eigenvalue weighted by molar-refractivity contribution is 7.89. The van der Waals surface area contributed by atoms with Gasteiger partial charge in [0, 0.05) is 42.2 Å². The summed E-state index contributed by atoms with van der Waals surface area (Å²) >= 11 is 3.27. The van der Waals surface area contributed by atoms with E-state index in [1.165, 1.54) is 10.4 Å². The summed E-state index contributed by atoms with van der Waals surface area (Å²) in [6.07, 6.45) is 3.76. The maximum atomic E-state index is 13.4. The van der Waals surface area contributed by atoms with E-state index in [9.17, 15) is 13.2 Å². The lowest BCUT2D eigenvalue weighted by molar-refractivity contribution is 0.102. The Bertz CT molecular complexity index is 1550. The van der Waals surface area contributed by atoms with Crippen molar-refractivity contribution in [3.8, 4) is 10.6 Å². The first kappa shape index (κ1) is 25.6. The second kappa shape index (κ2) is 10.5. The third kappa shape index (κ3) is 4.80. The first-order valence-electron chi connectivity index (χ1n) is 13.1. The molecule has 1 amide bonds. The van der Waals surface area contributed by atoms with Crippen LogP contribution in [0.2, 0.25) is 0 Å². The number of amides is 1. The number of fused-ring (bicyclic) bond motifs is 2. The van der Waals surface area contributed by atoms with Gasteiger partial charge in [-0.1, -0.05) is 25.5 Å². The number of likely N-dealkylation sites (N-methyl/N-ethyl adjacent to an activating group) is 1. The number of thiazole rings is 1. The van der Waals surface area contributed by atoms with Gasteiger partial charge in [0.1, 0.15) is 10.0 Å². The van der Waals surface area contributed by atoms with Gasteiger partial charge in [0.15, 0.2) is 0 Å². The molecule has 10 heteroatoms. The van der Waals surface area contributed by atoms with Gasteiger partial charge in [0.25, 0.3) is 5.91 Å². The van der Waals surface area contributed by atoms with Gasteiger partial charge in [0.2, 0.25) is 10.0 Å². The molecule has 198 valence electrons. The zero-order valence-electron chi connectivity index (χ0n) is 21.3. The van der Waals surface area contributed by atoms with Gasteiger partial charge in [-0.25, -0.2) is 13.4 Å². The van der Waals surface area contributed by atoms with Crippen molar-refractivity contribution < 1.29 is 13.2 Å². The molecular formula is C28H30N4O3S3. The number of carbonyl (C=O) groups excluding carboxylic acids is 1. The number of aromatic nitrogens is 1. The van der Waals surface area contributed by atoms with E-state index in [0.29, 0.717) is 18.7 Å². The van der Waals surface area contributed by atoms with E-state index in [2.05, 4.69) is 23.2 Å². The van der Waals surface area contributed by atoms with Crippen molar-refractivity contribution in [1.29, 1.82) is 0 Å².